The summed E-state index contributed by atoms with van der Waals surface area (Å²) >= 11 is 1.57. The molecule has 0 bridgehead atoms. The van der Waals surface area contributed by atoms with Gasteiger partial charge < -0.3 is 9.73 Å². The van der Waals surface area contributed by atoms with Gasteiger partial charge in [-0.2, -0.15) is 0 Å². The van der Waals surface area contributed by atoms with Crippen molar-refractivity contribution in [2.24, 2.45) is 5.92 Å². The van der Waals surface area contributed by atoms with Crippen LogP contribution in [0.15, 0.2) is 22.8 Å². The maximum atomic E-state index is 11.5. The number of hydrogen-bond acceptors (Lipinski definition) is 3. The minimum atomic E-state index is 0.0951. The first-order valence-corrected chi connectivity index (χ1v) is 6.64. The molecule has 1 unspecified atom stereocenters. The summed E-state index contributed by atoms with van der Waals surface area (Å²) in [7, 11) is 0. The molecular formula is C12H19NO2S. The van der Waals surface area contributed by atoms with Crippen LogP contribution < -0.4 is 5.32 Å². The van der Waals surface area contributed by atoms with Gasteiger partial charge in [0.2, 0.25) is 5.91 Å². The van der Waals surface area contributed by atoms with Gasteiger partial charge in [-0.05, 0) is 25.0 Å². The summed E-state index contributed by atoms with van der Waals surface area (Å²) in [6, 6.07) is 4.01. The number of carbonyl (C=O) groups excluding carboxylic acids is 1. The van der Waals surface area contributed by atoms with E-state index in [4.69, 9.17) is 4.42 Å². The Morgan fingerprint density at radius 3 is 2.81 bits per heavy atom. The molecule has 0 aliphatic heterocycles. The highest BCUT2D eigenvalue weighted by Crippen LogP contribution is 2.12. The summed E-state index contributed by atoms with van der Waals surface area (Å²) in [5.41, 5.74) is 0. The van der Waals surface area contributed by atoms with Gasteiger partial charge in [0.05, 0.1) is 17.8 Å². The largest absolute Gasteiger partial charge is 0.468 e. The highest BCUT2D eigenvalue weighted by Gasteiger charge is 2.10. The number of carbonyl (C=O) groups is 1. The van der Waals surface area contributed by atoms with E-state index in [-0.39, 0.29) is 11.9 Å². The summed E-state index contributed by atoms with van der Waals surface area (Å²) in [6.45, 7) is 6.22. The molecule has 0 saturated carbocycles. The first-order valence-electron chi connectivity index (χ1n) is 5.49. The Morgan fingerprint density at radius 2 is 2.25 bits per heavy atom. The predicted molar refractivity (Wildman–Crippen MR) is 67.3 cm³/mol. The molecule has 0 fully saturated rings. The monoisotopic (exact) mass is 241 g/mol. The predicted octanol–water partition coefficient (Wildman–Crippen LogP) is 2.67. The molecule has 1 rings (SSSR count). The molecule has 0 radical (unpaired) electrons. The van der Waals surface area contributed by atoms with Crippen LogP contribution in [0.25, 0.3) is 0 Å². The van der Waals surface area contributed by atoms with Gasteiger partial charge in [-0.15, -0.1) is 11.8 Å². The van der Waals surface area contributed by atoms with Gasteiger partial charge in [-0.3, -0.25) is 4.79 Å². The van der Waals surface area contributed by atoms with Crippen molar-refractivity contribution < 1.29 is 9.21 Å². The first kappa shape index (κ1) is 13.2. The molecule has 1 heterocycles. The third-order valence-electron chi connectivity index (χ3n) is 2.45. The molecule has 0 aliphatic rings. The van der Waals surface area contributed by atoms with E-state index < -0.39 is 0 Å². The standard InChI is InChI=1S/C12H19NO2S/c1-9(2)10(3)13-12(14)8-16-7-11-5-4-6-15-11/h4-6,9-10H,7-8H2,1-3H3,(H,13,14). The van der Waals surface area contributed by atoms with Crippen LogP contribution in [0, 0.1) is 5.92 Å². The fourth-order valence-electron chi connectivity index (χ4n) is 1.10. The van der Waals surface area contributed by atoms with Crippen LogP contribution >= 0.6 is 11.8 Å². The van der Waals surface area contributed by atoms with E-state index in [0.717, 1.165) is 11.5 Å². The topological polar surface area (TPSA) is 42.2 Å². The lowest BCUT2D eigenvalue weighted by atomic mass is 10.1. The molecule has 1 N–H and O–H groups in total. The van der Waals surface area contributed by atoms with Gasteiger partial charge in [-0.25, -0.2) is 0 Å². The third kappa shape index (κ3) is 4.75. The van der Waals surface area contributed by atoms with Gasteiger partial charge in [-0.1, -0.05) is 13.8 Å². The van der Waals surface area contributed by atoms with Crippen molar-refractivity contribution in [3.05, 3.63) is 24.2 Å². The number of amides is 1. The van der Waals surface area contributed by atoms with Gasteiger partial charge in [0, 0.05) is 6.04 Å². The summed E-state index contributed by atoms with van der Waals surface area (Å²) in [5, 5.41) is 2.97. The number of rotatable bonds is 6. The van der Waals surface area contributed by atoms with Crippen molar-refractivity contribution in [3.63, 3.8) is 0 Å². The SMILES string of the molecule is CC(C)C(C)NC(=O)CSCc1ccco1. The Morgan fingerprint density at radius 1 is 1.50 bits per heavy atom. The highest BCUT2D eigenvalue weighted by molar-refractivity contribution is 7.99. The molecule has 1 atom stereocenters. The Bertz CT molecular complexity index is 309. The Labute approximate surface area is 101 Å². The van der Waals surface area contributed by atoms with E-state index in [1.807, 2.05) is 19.1 Å². The Hall–Kier alpha value is -0.900. The van der Waals surface area contributed by atoms with E-state index in [1.165, 1.54) is 0 Å². The van der Waals surface area contributed by atoms with Crippen molar-refractivity contribution >= 4 is 17.7 Å². The molecule has 0 saturated heterocycles. The smallest absolute Gasteiger partial charge is 0.230 e. The zero-order chi connectivity index (χ0) is 12.0. The Kier molecular flexibility index (Phi) is 5.46. The van der Waals surface area contributed by atoms with Gasteiger partial charge >= 0.3 is 0 Å². The minimum Gasteiger partial charge on any atom is -0.468 e. The molecule has 4 heteroatoms. The average Bonchev–Trinajstić information content (AvgIpc) is 2.70. The number of nitrogens with one attached hydrogen (secondary N) is 1. The second kappa shape index (κ2) is 6.63. The molecule has 16 heavy (non-hydrogen) atoms. The zero-order valence-corrected chi connectivity index (χ0v) is 10.8. The maximum absolute atomic E-state index is 11.5. The second-order valence-corrected chi connectivity index (χ2v) is 5.16. The van der Waals surface area contributed by atoms with Crippen LogP contribution in [0.4, 0.5) is 0 Å². The van der Waals surface area contributed by atoms with Crippen LogP contribution in [-0.4, -0.2) is 17.7 Å². The average molecular weight is 241 g/mol. The minimum absolute atomic E-state index is 0.0951. The van der Waals surface area contributed by atoms with Crippen molar-refractivity contribution in [1.82, 2.24) is 5.32 Å². The van der Waals surface area contributed by atoms with E-state index >= 15 is 0 Å². The van der Waals surface area contributed by atoms with Crippen molar-refractivity contribution in [1.29, 1.82) is 0 Å². The summed E-state index contributed by atoms with van der Waals surface area (Å²) in [5.74, 6) is 2.71. The van der Waals surface area contributed by atoms with Gasteiger partial charge in [0.1, 0.15) is 5.76 Å². The van der Waals surface area contributed by atoms with Gasteiger partial charge in [0.15, 0.2) is 0 Å². The lowest BCUT2D eigenvalue weighted by Crippen LogP contribution is -2.37. The van der Waals surface area contributed by atoms with Crippen LogP contribution in [0.5, 0.6) is 0 Å². The zero-order valence-electron chi connectivity index (χ0n) is 10.0. The fraction of sp³-hybridized carbons (Fsp3) is 0.583. The van der Waals surface area contributed by atoms with Crippen LogP contribution in [0.3, 0.4) is 0 Å². The second-order valence-electron chi connectivity index (χ2n) is 4.17. The van der Waals surface area contributed by atoms with Crippen LogP contribution in [-0.2, 0) is 10.5 Å². The number of thioether (sulfide) groups is 1. The number of furan rings is 1. The maximum Gasteiger partial charge on any atom is 0.230 e. The molecule has 1 aromatic rings. The quantitative estimate of drug-likeness (QED) is 0.832. The molecule has 1 aromatic heterocycles. The lowest BCUT2D eigenvalue weighted by Gasteiger charge is -2.17. The van der Waals surface area contributed by atoms with Crippen molar-refractivity contribution in [3.8, 4) is 0 Å². The van der Waals surface area contributed by atoms with E-state index in [2.05, 4.69) is 19.2 Å². The van der Waals surface area contributed by atoms with Crippen LogP contribution in [0.2, 0.25) is 0 Å². The van der Waals surface area contributed by atoms with Crippen LogP contribution in [0.1, 0.15) is 26.5 Å². The normalized spacial score (nSPS) is 12.8. The summed E-state index contributed by atoms with van der Waals surface area (Å²) in [4.78, 5) is 11.5. The molecule has 0 aromatic carbocycles. The first-order chi connectivity index (χ1) is 7.59. The Balaban J connectivity index is 2.15. The lowest BCUT2D eigenvalue weighted by molar-refractivity contribution is -0.119. The van der Waals surface area contributed by atoms with Gasteiger partial charge in [0.25, 0.3) is 0 Å². The molecule has 1 amide bonds. The van der Waals surface area contributed by atoms with E-state index in [0.29, 0.717) is 11.7 Å². The highest BCUT2D eigenvalue weighted by atomic mass is 32.2. The molecule has 3 nitrogen and oxygen atoms in total. The summed E-state index contributed by atoms with van der Waals surface area (Å²) in [6.07, 6.45) is 1.65. The van der Waals surface area contributed by atoms with Crippen molar-refractivity contribution in [2.45, 2.75) is 32.6 Å². The number of hydrogen-bond donors (Lipinski definition) is 1. The molecule has 0 aliphatic carbocycles. The molecular weight excluding hydrogens is 222 g/mol. The molecule has 0 spiro atoms. The van der Waals surface area contributed by atoms with Crippen molar-refractivity contribution in [2.75, 3.05) is 5.75 Å². The van der Waals surface area contributed by atoms with E-state index in [9.17, 15) is 4.79 Å². The summed E-state index contributed by atoms with van der Waals surface area (Å²) < 4.78 is 5.18. The third-order valence-corrected chi connectivity index (χ3v) is 3.40. The fourth-order valence-corrected chi connectivity index (χ4v) is 1.84. The van der Waals surface area contributed by atoms with E-state index in [1.54, 1.807) is 18.0 Å². The molecule has 90 valence electrons.